The number of esters is 1. The summed E-state index contributed by atoms with van der Waals surface area (Å²) in [5.41, 5.74) is 1.75. The summed E-state index contributed by atoms with van der Waals surface area (Å²) in [6, 6.07) is 11.0. The normalized spacial score (nSPS) is 10.0. The smallest absolute Gasteiger partial charge is 0.310 e. The number of rotatable bonds is 5. The van der Waals surface area contributed by atoms with E-state index in [2.05, 4.69) is 0 Å². The van der Waals surface area contributed by atoms with Crippen LogP contribution in [0.3, 0.4) is 0 Å². The molecule has 0 aliphatic heterocycles. The van der Waals surface area contributed by atoms with Gasteiger partial charge in [0, 0.05) is 6.07 Å². The summed E-state index contributed by atoms with van der Waals surface area (Å²) in [5.74, 6) is -0.126. The zero-order valence-corrected chi connectivity index (χ0v) is 12.9. The van der Waals surface area contributed by atoms with Crippen LogP contribution < -0.4 is 4.74 Å². The Bertz CT molecular complexity index is 765. The fourth-order valence-corrected chi connectivity index (χ4v) is 2.06. The van der Waals surface area contributed by atoms with Gasteiger partial charge >= 0.3 is 5.97 Å². The Labute approximate surface area is 134 Å². The molecule has 0 N–H and O–H groups in total. The molecule has 5 heteroatoms. The van der Waals surface area contributed by atoms with Gasteiger partial charge in [-0.05, 0) is 43.2 Å². The number of benzene rings is 2. The van der Waals surface area contributed by atoms with Gasteiger partial charge in [0.05, 0.1) is 24.7 Å². The monoisotopic (exact) mass is 313 g/mol. The van der Waals surface area contributed by atoms with E-state index in [0.717, 1.165) is 17.2 Å². The van der Waals surface area contributed by atoms with Crippen molar-refractivity contribution in [3.8, 4) is 17.6 Å². The molecule has 0 amide bonds. The van der Waals surface area contributed by atoms with Crippen molar-refractivity contribution in [1.82, 2.24) is 0 Å². The quantitative estimate of drug-likeness (QED) is 0.785. The maximum absolute atomic E-state index is 13.5. The van der Waals surface area contributed by atoms with E-state index in [4.69, 9.17) is 14.7 Å². The number of ether oxygens (including phenoxy) is 2. The van der Waals surface area contributed by atoms with Gasteiger partial charge in [-0.15, -0.1) is 0 Å². The molecule has 0 unspecified atom stereocenters. The van der Waals surface area contributed by atoms with Crippen molar-refractivity contribution in [3.63, 3.8) is 0 Å². The fraction of sp³-hybridized carbons (Fsp3) is 0.222. The first-order valence-electron chi connectivity index (χ1n) is 7.15. The average Bonchev–Trinajstić information content (AvgIpc) is 2.50. The molecule has 0 aliphatic carbocycles. The number of halogens is 1. The lowest BCUT2D eigenvalue weighted by Crippen LogP contribution is -2.07. The van der Waals surface area contributed by atoms with Crippen molar-refractivity contribution < 1.29 is 18.7 Å². The second-order valence-electron chi connectivity index (χ2n) is 4.97. The van der Waals surface area contributed by atoms with Crippen LogP contribution in [0.15, 0.2) is 36.4 Å². The minimum absolute atomic E-state index is 0.136. The maximum Gasteiger partial charge on any atom is 0.310 e. The topological polar surface area (TPSA) is 59.3 Å². The molecule has 23 heavy (non-hydrogen) atoms. The van der Waals surface area contributed by atoms with Gasteiger partial charge in [-0.1, -0.05) is 12.1 Å². The van der Waals surface area contributed by atoms with Gasteiger partial charge in [-0.2, -0.15) is 5.26 Å². The van der Waals surface area contributed by atoms with Crippen LogP contribution >= 0.6 is 0 Å². The van der Waals surface area contributed by atoms with E-state index < -0.39 is 5.82 Å². The van der Waals surface area contributed by atoms with Crippen LogP contribution in [-0.4, -0.2) is 12.6 Å². The molecule has 2 rings (SSSR count). The second-order valence-corrected chi connectivity index (χ2v) is 4.97. The van der Waals surface area contributed by atoms with Crippen LogP contribution in [0.1, 0.15) is 23.6 Å². The first-order chi connectivity index (χ1) is 11.0. The Kier molecular flexibility index (Phi) is 5.32. The van der Waals surface area contributed by atoms with E-state index in [1.165, 1.54) is 12.1 Å². The molecule has 0 aromatic heterocycles. The molecular weight excluding hydrogens is 297 g/mol. The van der Waals surface area contributed by atoms with Crippen molar-refractivity contribution in [2.75, 3.05) is 6.61 Å². The summed E-state index contributed by atoms with van der Waals surface area (Å²) in [6.45, 7) is 3.92. The molecule has 0 bridgehead atoms. The van der Waals surface area contributed by atoms with E-state index >= 15 is 0 Å². The summed E-state index contributed by atoms with van der Waals surface area (Å²) in [6.07, 6.45) is 0.136. The number of nitriles is 1. The zero-order valence-electron chi connectivity index (χ0n) is 12.9. The third-order valence-electron chi connectivity index (χ3n) is 3.13. The molecule has 2 aromatic rings. The molecule has 118 valence electrons. The summed E-state index contributed by atoms with van der Waals surface area (Å²) in [5, 5.41) is 8.88. The van der Waals surface area contributed by atoms with Gasteiger partial charge in [0.1, 0.15) is 17.3 Å². The molecule has 0 heterocycles. The lowest BCUT2D eigenvalue weighted by atomic mass is 10.1. The third kappa shape index (κ3) is 4.55. The Balaban J connectivity index is 2.24. The van der Waals surface area contributed by atoms with Crippen LogP contribution in [0.2, 0.25) is 0 Å². The molecular formula is C18H16FNO3. The number of hydrogen-bond donors (Lipinski definition) is 0. The molecule has 0 saturated heterocycles. The number of nitrogens with zero attached hydrogens (tertiary/aromatic N) is 1. The van der Waals surface area contributed by atoms with E-state index in [1.54, 1.807) is 13.0 Å². The molecule has 0 saturated carbocycles. The number of carbonyl (C=O) groups is 1. The molecule has 0 fully saturated rings. The van der Waals surface area contributed by atoms with Gasteiger partial charge in [-0.3, -0.25) is 4.79 Å². The highest BCUT2D eigenvalue weighted by Crippen LogP contribution is 2.27. The summed E-state index contributed by atoms with van der Waals surface area (Å²) in [4.78, 5) is 11.5. The van der Waals surface area contributed by atoms with E-state index in [-0.39, 0.29) is 23.7 Å². The predicted octanol–water partition coefficient (Wildman–Crippen LogP) is 3.90. The van der Waals surface area contributed by atoms with Crippen molar-refractivity contribution in [3.05, 3.63) is 58.9 Å². The maximum atomic E-state index is 13.5. The van der Waals surface area contributed by atoms with Crippen LogP contribution in [0, 0.1) is 24.1 Å². The highest BCUT2D eigenvalue weighted by molar-refractivity contribution is 5.72. The first-order valence-corrected chi connectivity index (χ1v) is 7.15. The Morgan fingerprint density at radius 1 is 1.26 bits per heavy atom. The van der Waals surface area contributed by atoms with Gasteiger partial charge in [0.25, 0.3) is 0 Å². The molecule has 0 radical (unpaired) electrons. The van der Waals surface area contributed by atoms with Crippen LogP contribution in [-0.2, 0) is 16.0 Å². The summed E-state index contributed by atoms with van der Waals surface area (Å²) in [7, 11) is 0. The van der Waals surface area contributed by atoms with Crippen LogP contribution in [0.5, 0.6) is 11.5 Å². The number of carbonyl (C=O) groups excluding carboxylic acids is 1. The van der Waals surface area contributed by atoms with E-state index in [0.29, 0.717) is 12.4 Å². The van der Waals surface area contributed by atoms with Crippen LogP contribution in [0.4, 0.5) is 4.39 Å². The van der Waals surface area contributed by atoms with Crippen molar-refractivity contribution >= 4 is 5.97 Å². The van der Waals surface area contributed by atoms with E-state index in [1.807, 2.05) is 25.1 Å². The van der Waals surface area contributed by atoms with Gasteiger partial charge < -0.3 is 9.47 Å². The molecule has 0 aliphatic rings. The van der Waals surface area contributed by atoms with Crippen molar-refractivity contribution in [1.29, 1.82) is 5.26 Å². The third-order valence-corrected chi connectivity index (χ3v) is 3.13. The average molecular weight is 313 g/mol. The second kappa shape index (κ2) is 7.41. The Morgan fingerprint density at radius 3 is 2.74 bits per heavy atom. The minimum atomic E-state index is -0.542. The predicted molar refractivity (Wildman–Crippen MR) is 82.7 cm³/mol. The highest BCUT2D eigenvalue weighted by atomic mass is 19.1. The van der Waals surface area contributed by atoms with Gasteiger partial charge in [0.15, 0.2) is 0 Å². The lowest BCUT2D eigenvalue weighted by molar-refractivity contribution is -0.142. The van der Waals surface area contributed by atoms with Gasteiger partial charge in [0.2, 0.25) is 0 Å². The standard InChI is InChI=1S/C18H16FNO3/c1-3-22-18(21)9-13-5-4-12(2)17(8-13)23-16-7-14(11-20)6-15(19)10-16/h4-8,10H,3,9H2,1-2H3. The first kappa shape index (κ1) is 16.5. The molecule has 0 spiro atoms. The number of aryl methyl sites for hydroxylation is 1. The highest BCUT2D eigenvalue weighted by Gasteiger charge is 2.09. The lowest BCUT2D eigenvalue weighted by Gasteiger charge is -2.11. The Morgan fingerprint density at radius 2 is 2.04 bits per heavy atom. The largest absolute Gasteiger partial charge is 0.466 e. The summed E-state index contributed by atoms with van der Waals surface area (Å²) < 4.78 is 24.0. The van der Waals surface area contributed by atoms with Crippen molar-refractivity contribution in [2.24, 2.45) is 0 Å². The molecule has 4 nitrogen and oxygen atoms in total. The fourth-order valence-electron chi connectivity index (χ4n) is 2.06. The van der Waals surface area contributed by atoms with Crippen molar-refractivity contribution in [2.45, 2.75) is 20.3 Å². The molecule has 2 aromatic carbocycles. The number of hydrogen-bond acceptors (Lipinski definition) is 4. The summed E-state index contributed by atoms with van der Waals surface area (Å²) >= 11 is 0. The zero-order chi connectivity index (χ0) is 16.8. The SMILES string of the molecule is CCOC(=O)Cc1ccc(C)c(Oc2cc(F)cc(C#N)c2)c1. The molecule has 0 atom stereocenters. The van der Waals surface area contributed by atoms with Gasteiger partial charge in [-0.25, -0.2) is 4.39 Å². The minimum Gasteiger partial charge on any atom is -0.466 e. The van der Waals surface area contributed by atoms with Crippen LogP contribution in [0.25, 0.3) is 0 Å². The van der Waals surface area contributed by atoms with E-state index in [9.17, 15) is 9.18 Å². The Hall–Kier alpha value is -2.87.